The number of rotatable bonds is 2. The first-order chi connectivity index (χ1) is 9.24. The summed E-state index contributed by atoms with van der Waals surface area (Å²) >= 11 is 4.20. The van der Waals surface area contributed by atoms with Crippen molar-refractivity contribution in [2.45, 2.75) is 11.8 Å². The van der Waals surface area contributed by atoms with E-state index in [2.05, 4.69) is 72.0 Å². The Kier molecular flexibility index (Phi) is 3.84. The van der Waals surface area contributed by atoms with Crippen molar-refractivity contribution in [3.63, 3.8) is 0 Å². The fourth-order valence-electron chi connectivity index (χ4n) is 2.02. The summed E-state index contributed by atoms with van der Waals surface area (Å²) in [6.45, 7) is 2.79. The van der Waals surface area contributed by atoms with Crippen LogP contribution in [0.5, 0.6) is 5.75 Å². The average molecular weight is 380 g/mol. The molecule has 0 aromatic heterocycles. The Morgan fingerprint density at radius 3 is 2.68 bits per heavy atom. The van der Waals surface area contributed by atoms with E-state index in [0.717, 1.165) is 5.75 Å². The van der Waals surface area contributed by atoms with Gasteiger partial charge in [-0.1, -0.05) is 41.6 Å². The molecule has 2 aromatic rings. The average Bonchev–Trinajstić information content (AvgIpc) is 2.43. The van der Waals surface area contributed by atoms with Crippen LogP contribution in [0.15, 0.2) is 57.0 Å². The minimum absolute atomic E-state index is 0.672. The molecule has 1 heterocycles. The minimum atomic E-state index is 0.672. The maximum absolute atomic E-state index is 5.78. The second kappa shape index (κ2) is 5.59. The molecule has 19 heavy (non-hydrogen) atoms. The van der Waals surface area contributed by atoms with Crippen molar-refractivity contribution < 1.29 is 4.74 Å². The standard InChI is InChI=1S/C16H13IOS/c1-11-7-8-15-13(9-11)16(14(17)10-18-15)19-12-5-3-2-4-6-12/h2-9H,10H2,1H3. The van der Waals surface area contributed by atoms with E-state index < -0.39 is 0 Å². The van der Waals surface area contributed by atoms with Crippen LogP contribution in [-0.4, -0.2) is 6.61 Å². The van der Waals surface area contributed by atoms with E-state index in [-0.39, 0.29) is 0 Å². The van der Waals surface area contributed by atoms with Crippen molar-refractivity contribution in [2.75, 3.05) is 6.61 Å². The summed E-state index contributed by atoms with van der Waals surface area (Å²) in [4.78, 5) is 2.58. The van der Waals surface area contributed by atoms with Gasteiger partial charge in [0.15, 0.2) is 0 Å². The van der Waals surface area contributed by atoms with E-state index in [1.165, 1.54) is 24.5 Å². The number of ether oxygens (including phenoxy) is 1. The summed E-state index contributed by atoms with van der Waals surface area (Å²) < 4.78 is 7.05. The number of benzene rings is 2. The topological polar surface area (TPSA) is 9.23 Å². The molecule has 3 rings (SSSR count). The molecule has 0 fully saturated rings. The van der Waals surface area contributed by atoms with E-state index >= 15 is 0 Å². The summed E-state index contributed by atoms with van der Waals surface area (Å²) in [5, 5.41) is 0. The second-order valence-electron chi connectivity index (χ2n) is 4.44. The lowest BCUT2D eigenvalue weighted by molar-refractivity contribution is 0.356. The van der Waals surface area contributed by atoms with Crippen molar-refractivity contribution in [2.24, 2.45) is 0 Å². The van der Waals surface area contributed by atoms with Crippen LogP contribution in [0.2, 0.25) is 0 Å². The molecule has 0 aliphatic carbocycles. The Morgan fingerprint density at radius 2 is 1.89 bits per heavy atom. The highest BCUT2D eigenvalue weighted by Gasteiger charge is 2.19. The third-order valence-corrected chi connectivity index (χ3v) is 5.34. The van der Waals surface area contributed by atoms with E-state index in [0.29, 0.717) is 6.61 Å². The predicted octanol–water partition coefficient (Wildman–Crippen LogP) is 5.28. The number of halogens is 1. The van der Waals surface area contributed by atoms with Gasteiger partial charge < -0.3 is 4.74 Å². The van der Waals surface area contributed by atoms with Gasteiger partial charge in [-0.05, 0) is 53.8 Å². The highest BCUT2D eigenvalue weighted by molar-refractivity contribution is 14.1. The molecule has 0 spiro atoms. The summed E-state index contributed by atoms with van der Waals surface area (Å²) in [6.07, 6.45) is 0. The molecular weight excluding hydrogens is 367 g/mol. The van der Waals surface area contributed by atoms with Gasteiger partial charge in [-0.3, -0.25) is 0 Å². The zero-order valence-corrected chi connectivity index (χ0v) is 13.5. The summed E-state index contributed by atoms with van der Waals surface area (Å²) in [6, 6.07) is 16.9. The molecule has 0 atom stereocenters. The van der Waals surface area contributed by atoms with Crippen LogP contribution in [0.3, 0.4) is 0 Å². The molecule has 96 valence electrons. The van der Waals surface area contributed by atoms with Crippen molar-refractivity contribution in [3.05, 3.63) is 63.2 Å². The molecule has 0 bridgehead atoms. The first-order valence-electron chi connectivity index (χ1n) is 6.09. The van der Waals surface area contributed by atoms with Crippen LogP contribution in [-0.2, 0) is 0 Å². The van der Waals surface area contributed by atoms with Crippen molar-refractivity contribution in [3.8, 4) is 5.75 Å². The molecular formula is C16H13IOS. The Balaban J connectivity index is 2.02. The van der Waals surface area contributed by atoms with Gasteiger partial charge in [0.25, 0.3) is 0 Å². The Bertz CT molecular complexity index is 634. The molecule has 1 nitrogen and oxygen atoms in total. The van der Waals surface area contributed by atoms with E-state index in [1.54, 1.807) is 0 Å². The van der Waals surface area contributed by atoms with Gasteiger partial charge in [0.05, 0.1) is 0 Å². The number of hydrogen-bond donors (Lipinski definition) is 0. The Labute approximate surface area is 131 Å². The predicted molar refractivity (Wildman–Crippen MR) is 89.9 cm³/mol. The van der Waals surface area contributed by atoms with E-state index in [9.17, 15) is 0 Å². The van der Waals surface area contributed by atoms with E-state index in [1.807, 2.05) is 17.8 Å². The molecule has 0 unspecified atom stereocenters. The fraction of sp³-hybridized carbons (Fsp3) is 0.125. The molecule has 1 aliphatic rings. The smallest absolute Gasteiger partial charge is 0.128 e. The van der Waals surface area contributed by atoms with Gasteiger partial charge in [0.1, 0.15) is 12.4 Å². The zero-order chi connectivity index (χ0) is 13.2. The summed E-state index contributed by atoms with van der Waals surface area (Å²) in [5.74, 6) is 0.990. The molecule has 1 aliphatic heterocycles. The van der Waals surface area contributed by atoms with Crippen LogP contribution in [0.1, 0.15) is 11.1 Å². The normalized spacial score (nSPS) is 14.0. The largest absolute Gasteiger partial charge is 0.488 e. The zero-order valence-electron chi connectivity index (χ0n) is 10.5. The third kappa shape index (κ3) is 2.82. The number of aryl methyl sites for hydroxylation is 1. The quantitative estimate of drug-likeness (QED) is 0.656. The van der Waals surface area contributed by atoms with Gasteiger partial charge in [-0.25, -0.2) is 0 Å². The van der Waals surface area contributed by atoms with Gasteiger partial charge in [0.2, 0.25) is 0 Å². The minimum Gasteiger partial charge on any atom is -0.488 e. The van der Waals surface area contributed by atoms with Crippen molar-refractivity contribution in [1.82, 2.24) is 0 Å². The van der Waals surface area contributed by atoms with Gasteiger partial charge in [-0.15, -0.1) is 0 Å². The second-order valence-corrected chi connectivity index (χ2v) is 6.82. The lowest BCUT2D eigenvalue weighted by Gasteiger charge is -2.21. The SMILES string of the molecule is Cc1ccc2c(c1)C(Sc1ccccc1)=C(I)CO2. The molecule has 2 aromatic carbocycles. The molecule has 0 amide bonds. The lowest BCUT2D eigenvalue weighted by Crippen LogP contribution is -2.06. The fourth-order valence-corrected chi connectivity index (χ4v) is 3.76. The summed E-state index contributed by atoms with van der Waals surface area (Å²) in [7, 11) is 0. The maximum atomic E-state index is 5.78. The van der Waals surface area contributed by atoms with Crippen molar-refractivity contribution >= 4 is 39.3 Å². The number of hydrogen-bond acceptors (Lipinski definition) is 2. The molecule has 0 radical (unpaired) electrons. The van der Waals surface area contributed by atoms with Gasteiger partial charge in [0, 0.05) is 18.9 Å². The highest BCUT2D eigenvalue weighted by atomic mass is 127. The molecule has 3 heteroatoms. The lowest BCUT2D eigenvalue weighted by atomic mass is 10.1. The number of thioether (sulfide) groups is 1. The first-order valence-corrected chi connectivity index (χ1v) is 7.99. The third-order valence-electron chi connectivity index (χ3n) is 2.94. The van der Waals surface area contributed by atoms with Crippen LogP contribution < -0.4 is 4.74 Å². The molecule has 0 saturated heterocycles. The number of fused-ring (bicyclic) bond motifs is 1. The molecule has 0 saturated carbocycles. The monoisotopic (exact) mass is 380 g/mol. The van der Waals surface area contributed by atoms with Crippen LogP contribution in [0, 0.1) is 6.92 Å². The summed E-state index contributed by atoms with van der Waals surface area (Å²) in [5.41, 5.74) is 2.48. The van der Waals surface area contributed by atoms with Crippen LogP contribution in [0.4, 0.5) is 0 Å². The van der Waals surface area contributed by atoms with Gasteiger partial charge in [-0.2, -0.15) is 0 Å². The van der Waals surface area contributed by atoms with Crippen molar-refractivity contribution in [1.29, 1.82) is 0 Å². The van der Waals surface area contributed by atoms with Crippen LogP contribution in [0.25, 0.3) is 4.91 Å². The molecule has 0 N–H and O–H groups in total. The van der Waals surface area contributed by atoms with E-state index in [4.69, 9.17) is 4.74 Å². The first kappa shape index (κ1) is 13.1. The Morgan fingerprint density at radius 1 is 1.11 bits per heavy atom. The van der Waals surface area contributed by atoms with Gasteiger partial charge >= 0.3 is 0 Å². The maximum Gasteiger partial charge on any atom is 0.128 e. The highest BCUT2D eigenvalue weighted by Crippen LogP contribution is 2.45. The van der Waals surface area contributed by atoms with Crippen LogP contribution >= 0.6 is 34.4 Å². The Hall–Kier alpha value is -0.940.